The second kappa shape index (κ2) is 22.1. The molecule has 17 nitrogen and oxygen atoms in total. The van der Waals surface area contributed by atoms with E-state index in [0.717, 1.165) is 0 Å². The van der Waals surface area contributed by atoms with E-state index in [1.54, 1.807) is 0 Å². The summed E-state index contributed by atoms with van der Waals surface area (Å²) in [4.78, 5) is 23.0. The van der Waals surface area contributed by atoms with E-state index in [0.29, 0.717) is 59.1 Å². The minimum absolute atomic E-state index is 0.0808. The number of carbonyl (C=O) groups excluding carboxylic acids is 2. The fourth-order valence-corrected chi connectivity index (χ4v) is 5.13. The van der Waals surface area contributed by atoms with Crippen molar-refractivity contribution >= 4 is 11.8 Å². The van der Waals surface area contributed by atoms with E-state index in [1.165, 1.54) is 13.8 Å². The smallest absolute Gasteiger partial charge is 0.217 e. The third-order valence-corrected chi connectivity index (χ3v) is 7.49. The Morgan fingerprint density at radius 1 is 0.652 bits per heavy atom. The van der Waals surface area contributed by atoms with Crippen LogP contribution in [0.3, 0.4) is 0 Å². The summed E-state index contributed by atoms with van der Waals surface area (Å²) >= 11 is 0. The molecule has 0 aromatic rings. The van der Waals surface area contributed by atoms with Gasteiger partial charge in [-0.05, 0) is 12.8 Å². The fraction of sp³-hybridized carbons (Fsp3) is 0.931. The summed E-state index contributed by atoms with van der Waals surface area (Å²) in [5.74, 6) is -0.656. The topological polar surface area (TPSA) is 244 Å². The van der Waals surface area contributed by atoms with Gasteiger partial charge in [-0.3, -0.25) is 9.59 Å². The highest BCUT2D eigenvalue weighted by atomic mass is 16.7. The maximum Gasteiger partial charge on any atom is 0.217 e. The largest absolute Gasteiger partial charge is 0.394 e. The highest BCUT2D eigenvalue weighted by Crippen LogP contribution is 2.24. The number of nitrogens with one attached hydrogen (secondary N) is 2. The molecule has 0 radical (unpaired) electrons. The monoisotopic (exact) mass is 670 g/mol. The molecule has 2 saturated heterocycles. The standard InChI is InChI=1S/C29H54N2O15/c1-17(15-42-9-7-40-6-4-5-20-23(30-18(2)34)27(38)25(36)21(13-32)45-20)16-43-10-8-41-11-12-44-29-24(31-19(3)35)28(39)26(37)22(14-33)46-29/h17,20-29,32-33,36-39H,4-16H2,1-3H3,(H,30,34)(H,31,35)/t17?,20-,21?,22?,23?,24?,25-,26-,27+,28+,29+/m0/s1. The molecular formula is C29H54N2O15. The maximum atomic E-state index is 11.5. The molecule has 0 aromatic heterocycles. The zero-order chi connectivity index (χ0) is 34.1. The number of hydrogen-bond acceptors (Lipinski definition) is 15. The Hall–Kier alpha value is -1.58. The number of hydrogen-bond donors (Lipinski definition) is 8. The second-order valence-electron chi connectivity index (χ2n) is 11.5. The molecule has 11 atom stereocenters. The number of amides is 2. The van der Waals surface area contributed by atoms with Crippen molar-refractivity contribution < 1.29 is 73.4 Å². The molecule has 2 aliphatic rings. The van der Waals surface area contributed by atoms with Crippen LogP contribution in [0, 0.1) is 5.92 Å². The number of rotatable bonds is 22. The molecule has 2 fully saturated rings. The van der Waals surface area contributed by atoms with Crippen LogP contribution in [-0.2, 0) is 42.7 Å². The van der Waals surface area contributed by atoms with E-state index in [-0.39, 0.29) is 25.0 Å². The third kappa shape index (κ3) is 13.9. The van der Waals surface area contributed by atoms with Gasteiger partial charge in [-0.2, -0.15) is 0 Å². The van der Waals surface area contributed by atoms with Gasteiger partial charge < -0.3 is 74.4 Å². The van der Waals surface area contributed by atoms with E-state index in [9.17, 15) is 40.2 Å². The van der Waals surface area contributed by atoms with Gasteiger partial charge >= 0.3 is 0 Å². The molecular weight excluding hydrogens is 616 g/mol. The molecule has 270 valence electrons. The van der Waals surface area contributed by atoms with Crippen molar-refractivity contribution in [3.63, 3.8) is 0 Å². The molecule has 0 aliphatic carbocycles. The summed E-state index contributed by atoms with van der Waals surface area (Å²) in [6.07, 6.45) is -7.91. The van der Waals surface area contributed by atoms with Gasteiger partial charge in [0.25, 0.3) is 0 Å². The van der Waals surface area contributed by atoms with Crippen molar-refractivity contribution in [1.29, 1.82) is 0 Å². The van der Waals surface area contributed by atoms with Crippen LogP contribution in [0.5, 0.6) is 0 Å². The van der Waals surface area contributed by atoms with Gasteiger partial charge in [0.05, 0.1) is 78.2 Å². The first-order chi connectivity index (χ1) is 22.0. The normalized spacial score (nSPS) is 32.2. The number of ether oxygens (including phenoxy) is 7. The molecule has 2 heterocycles. The fourth-order valence-electron chi connectivity index (χ4n) is 5.13. The lowest BCUT2D eigenvalue weighted by molar-refractivity contribution is -0.272. The van der Waals surface area contributed by atoms with E-state index in [2.05, 4.69) is 10.6 Å². The van der Waals surface area contributed by atoms with Gasteiger partial charge in [-0.25, -0.2) is 0 Å². The summed E-state index contributed by atoms with van der Waals surface area (Å²) < 4.78 is 39.1. The van der Waals surface area contributed by atoms with Gasteiger partial charge in [-0.15, -0.1) is 0 Å². The van der Waals surface area contributed by atoms with E-state index < -0.39 is 80.2 Å². The van der Waals surface area contributed by atoms with Crippen LogP contribution in [0.15, 0.2) is 0 Å². The van der Waals surface area contributed by atoms with Gasteiger partial charge in [0.1, 0.15) is 42.7 Å². The Kier molecular flexibility index (Phi) is 19.5. The summed E-state index contributed by atoms with van der Waals surface area (Å²) in [6.45, 7) is 6.63. The first kappa shape index (κ1) is 40.6. The Morgan fingerprint density at radius 2 is 1.13 bits per heavy atom. The number of aliphatic hydroxyl groups excluding tert-OH is 6. The highest BCUT2D eigenvalue weighted by Gasteiger charge is 2.46. The lowest BCUT2D eigenvalue weighted by Gasteiger charge is -2.42. The highest BCUT2D eigenvalue weighted by molar-refractivity contribution is 5.73. The summed E-state index contributed by atoms with van der Waals surface area (Å²) in [7, 11) is 0. The Balaban J connectivity index is 1.48. The molecule has 0 bridgehead atoms. The predicted octanol–water partition coefficient (Wildman–Crippen LogP) is -3.58. The molecule has 0 spiro atoms. The first-order valence-electron chi connectivity index (χ1n) is 15.7. The van der Waals surface area contributed by atoms with E-state index in [4.69, 9.17) is 33.2 Å². The number of aliphatic hydroxyl groups is 6. The van der Waals surface area contributed by atoms with Gasteiger partial charge in [0, 0.05) is 26.4 Å². The van der Waals surface area contributed by atoms with Crippen LogP contribution < -0.4 is 10.6 Å². The first-order valence-corrected chi connectivity index (χ1v) is 15.7. The van der Waals surface area contributed by atoms with Crippen LogP contribution in [0.2, 0.25) is 0 Å². The van der Waals surface area contributed by atoms with E-state index >= 15 is 0 Å². The molecule has 17 heteroatoms. The van der Waals surface area contributed by atoms with Gasteiger partial charge in [0.15, 0.2) is 6.29 Å². The SMILES string of the molecule is CC(=O)NC1[C@H](OCCOCCOCC(C)COCCOCCC[C@@H]2OC(CO)[C@H](O)[C@H](O)C2NC(C)=O)OC(CO)[C@H](O)[C@@H]1O. The third-order valence-electron chi connectivity index (χ3n) is 7.49. The van der Waals surface area contributed by atoms with Crippen molar-refractivity contribution in [2.75, 3.05) is 72.7 Å². The van der Waals surface area contributed by atoms with Crippen LogP contribution in [0.4, 0.5) is 0 Å². The molecule has 2 amide bonds. The van der Waals surface area contributed by atoms with Crippen LogP contribution in [0.25, 0.3) is 0 Å². The Morgan fingerprint density at radius 3 is 1.70 bits per heavy atom. The summed E-state index contributed by atoms with van der Waals surface area (Å²) in [5.41, 5.74) is 0. The molecule has 2 rings (SSSR count). The Labute approximate surface area is 269 Å². The minimum Gasteiger partial charge on any atom is -0.394 e. The van der Waals surface area contributed by atoms with Crippen molar-refractivity contribution in [1.82, 2.24) is 10.6 Å². The zero-order valence-electron chi connectivity index (χ0n) is 26.9. The molecule has 8 N–H and O–H groups in total. The van der Waals surface area contributed by atoms with E-state index in [1.807, 2.05) is 6.92 Å². The second-order valence-corrected chi connectivity index (χ2v) is 11.5. The molecule has 5 unspecified atom stereocenters. The maximum absolute atomic E-state index is 11.5. The summed E-state index contributed by atoms with van der Waals surface area (Å²) in [5, 5.41) is 64.6. The Bertz CT molecular complexity index is 791. The van der Waals surface area contributed by atoms with Crippen LogP contribution in [0.1, 0.15) is 33.6 Å². The van der Waals surface area contributed by atoms with Gasteiger partial charge in [0.2, 0.25) is 11.8 Å². The van der Waals surface area contributed by atoms with Crippen molar-refractivity contribution in [2.45, 2.75) is 94.7 Å². The molecule has 0 saturated carbocycles. The number of carbonyl (C=O) groups is 2. The lowest BCUT2D eigenvalue weighted by atomic mass is 9.90. The van der Waals surface area contributed by atoms with Crippen LogP contribution >= 0.6 is 0 Å². The summed E-state index contributed by atoms with van der Waals surface area (Å²) in [6, 6.07) is -1.79. The average molecular weight is 671 g/mol. The lowest BCUT2D eigenvalue weighted by Crippen LogP contribution is -2.64. The quantitative estimate of drug-likeness (QED) is 0.0519. The molecule has 46 heavy (non-hydrogen) atoms. The van der Waals surface area contributed by atoms with Crippen molar-refractivity contribution in [2.24, 2.45) is 5.92 Å². The predicted molar refractivity (Wildman–Crippen MR) is 158 cm³/mol. The zero-order valence-corrected chi connectivity index (χ0v) is 26.9. The molecule has 0 aromatic carbocycles. The molecule has 2 aliphatic heterocycles. The van der Waals surface area contributed by atoms with Crippen LogP contribution in [-0.4, -0.2) is 176 Å². The van der Waals surface area contributed by atoms with Gasteiger partial charge in [-0.1, -0.05) is 6.92 Å². The van der Waals surface area contributed by atoms with Crippen molar-refractivity contribution in [3.8, 4) is 0 Å². The van der Waals surface area contributed by atoms with Crippen molar-refractivity contribution in [3.05, 3.63) is 0 Å². The average Bonchev–Trinajstić information content (AvgIpc) is 3.01. The minimum atomic E-state index is -1.38.